The average molecular weight is 234 g/mol. The van der Waals surface area contributed by atoms with Crippen molar-refractivity contribution in [2.24, 2.45) is 5.73 Å². The molecule has 1 aromatic carbocycles. The monoisotopic (exact) mass is 233 g/mol. The van der Waals surface area contributed by atoms with Crippen LogP contribution in [0.25, 0.3) is 0 Å². The molecule has 0 radical (unpaired) electrons. The van der Waals surface area contributed by atoms with Crippen molar-refractivity contribution in [3.05, 3.63) is 27.7 Å². The Hall–Kier alpha value is 0.110. The van der Waals surface area contributed by atoms with Gasteiger partial charge in [-0.2, -0.15) is 0 Å². The van der Waals surface area contributed by atoms with Gasteiger partial charge in [-0.05, 0) is 12.1 Å². The first-order chi connectivity index (χ1) is 6.11. The molecule has 70 valence electrons. The smallest absolute Gasteiger partial charge is 0.0546 e. The SMILES string of the molecule is CC1Sc2c(Cl)ccc(Cl)c2C1N. The first-order valence-electron chi connectivity index (χ1n) is 4.01. The second kappa shape index (κ2) is 3.35. The van der Waals surface area contributed by atoms with Gasteiger partial charge in [-0.1, -0.05) is 30.1 Å². The summed E-state index contributed by atoms with van der Waals surface area (Å²) in [6.07, 6.45) is 0. The van der Waals surface area contributed by atoms with E-state index >= 15 is 0 Å². The minimum Gasteiger partial charge on any atom is -0.323 e. The molecule has 2 N–H and O–H groups in total. The fourth-order valence-electron chi connectivity index (χ4n) is 1.47. The highest BCUT2D eigenvalue weighted by Crippen LogP contribution is 2.48. The topological polar surface area (TPSA) is 26.0 Å². The minimum atomic E-state index is 0.00574. The molecule has 0 aromatic heterocycles. The van der Waals surface area contributed by atoms with Gasteiger partial charge in [-0.15, -0.1) is 11.8 Å². The molecule has 1 aliphatic rings. The maximum atomic E-state index is 6.05. The van der Waals surface area contributed by atoms with Crippen LogP contribution in [0.1, 0.15) is 18.5 Å². The molecule has 0 saturated heterocycles. The molecular formula is C9H9Cl2NS. The number of hydrogen-bond donors (Lipinski definition) is 1. The number of benzene rings is 1. The van der Waals surface area contributed by atoms with Crippen LogP contribution in [0.4, 0.5) is 0 Å². The van der Waals surface area contributed by atoms with Crippen LogP contribution in [0.5, 0.6) is 0 Å². The zero-order valence-corrected chi connectivity index (χ0v) is 9.38. The van der Waals surface area contributed by atoms with E-state index in [2.05, 4.69) is 6.92 Å². The summed E-state index contributed by atoms with van der Waals surface area (Å²) < 4.78 is 0. The van der Waals surface area contributed by atoms with Crippen molar-refractivity contribution in [1.82, 2.24) is 0 Å². The first kappa shape index (κ1) is 9.66. The van der Waals surface area contributed by atoms with Crippen LogP contribution in [0.2, 0.25) is 10.0 Å². The third kappa shape index (κ3) is 1.46. The van der Waals surface area contributed by atoms with Crippen molar-refractivity contribution in [3.8, 4) is 0 Å². The second-order valence-electron chi connectivity index (χ2n) is 3.12. The molecule has 1 heterocycles. The Morgan fingerprint density at radius 1 is 1.31 bits per heavy atom. The first-order valence-corrected chi connectivity index (χ1v) is 5.65. The third-order valence-corrected chi connectivity index (χ3v) is 4.33. The van der Waals surface area contributed by atoms with Gasteiger partial charge in [0.2, 0.25) is 0 Å². The zero-order chi connectivity index (χ0) is 9.59. The van der Waals surface area contributed by atoms with Crippen molar-refractivity contribution < 1.29 is 0 Å². The predicted octanol–water partition coefficient (Wildman–Crippen LogP) is 3.49. The Kier molecular flexibility index (Phi) is 2.49. The van der Waals surface area contributed by atoms with Crippen LogP contribution in [0.3, 0.4) is 0 Å². The third-order valence-electron chi connectivity index (χ3n) is 2.24. The van der Waals surface area contributed by atoms with Gasteiger partial charge in [0.05, 0.1) is 5.02 Å². The number of hydrogen-bond acceptors (Lipinski definition) is 2. The van der Waals surface area contributed by atoms with Crippen molar-refractivity contribution >= 4 is 35.0 Å². The quantitative estimate of drug-likeness (QED) is 0.743. The minimum absolute atomic E-state index is 0.00574. The lowest BCUT2D eigenvalue weighted by Crippen LogP contribution is -2.16. The van der Waals surface area contributed by atoms with E-state index in [0.29, 0.717) is 5.25 Å². The molecule has 1 aromatic rings. The van der Waals surface area contributed by atoms with Crippen molar-refractivity contribution in [2.75, 3.05) is 0 Å². The van der Waals surface area contributed by atoms with Gasteiger partial charge in [-0.25, -0.2) is 0 Å². The maximum Gasteiger partial charge on any atom is 0.0546 e. The summed E-state index contributed by atoms with van der Waals surface area (Å²) in [4.78, 5) is 1.05. The Morgan fingerprint density at radius 3 is 2.54 bits per heavy atom. The van der Waals surface area contributed by atoms with E-state index in [0.717, 1.165) is 20.5 Å². The Labute approximate surface area is 91.6 Å². The van der Waals surface area contributed by atoms with Crippen LogP contribution in [0, 0.1) is 0 Å². The lowest BCUT2D eigenvalue weighted by Gasteiger charge is -2.09. The van der Waals surface area contributed by atoms with Crippen LogP contribution in [0.15, 0.2) is 17.0 Å². The summed E-state index contributed by atoms with van der Waals surface area (Å²) in [6.45, 7) is 2.09. The van der Waals surface area contributed by atoms with E-state index in [-0.39, 0.29) is 6.04 Å². The highest BCUT2D eigenvalue weighted by atomic mass is 35.5. The molecule has 13 heavy (non-hydrogen) atoms. The number of thioether (sulfide) groups is 1. The van der Waals surface area contributed by atoms with E-state index in [9.17, 15) is 0 Å². The summed E-state index contributed by atoms with van der Waals surface area (Å²) >= 11 is 13.8. The molecule has 0 fully saturated rings. The van der Waals surface area contributed by atoms with Gasteiger partial charge >= 0.3 is 0 Å². The van der Waals surface area contributed by atoms with Crippen LogP contribution >= 0.6 is 35.0 Å². The molecule has 1 aliphatic heterocycles. The Morgan fingerprint density at radius 2 is 1.92 bits per heavy atom. The van der Waals surface area contributed by atoms with Crippen LogP contribution in [-0.4, -0.2) is 5.25 Å². The molecule has 2 atom stereocenters. The second-order valence-corrected chi connectivity index (χ2v) is 5.32. The molecule has 0 saturated carbocycles. The lowest BCUT2D eigenvalue weighted by atomic mass is 10.1. The molecule has 0 spiro atoms. The molecule has 2 rings (SSSR count). The largest absolute Gasteiger partial charge is 0.323 e. The van der Waals surface area contributed by atoms with Crippen LogP contribution < -0.4 is 5.73 Å². The van der Waals surface area contributed by atoms with E-state index in [1.165, 1.54) is 0 Å². The van der Waals surface area contributed by atoms with Gasteiger partial charge in [0, 0.05) is 26.8 Å². The molecule has 0 bridgehead atoms. The molecule has 0 amide bonds. The number of fused-ring (bicyclic) bond motifs is 1. The standard InChI is InChI=1S/C9H9Cl2NS/c1-4-8(12)7-5(10)2-3-6(11)9(7)13-4/h2-4,8H,12H2,1H3. The fraction of sp³-hybridized carbons (Fsp3) is 0.333. The Balaban J connectivity index is 2.61. The highest BCUT2D eigenvalue weighted by Gasteiger charge is 2.30. The lowest BCUT2D eigenvalue weighted by molar-refractivity contribution is 0.725. The molecule has 4 heteroatoms. The molecule has 2 unspecified atom stereocenters. The van der Waals surface area contributed by atoms with E-state index in [1.54, 1.807) is 17.8 Å². The summed E-state index contributed by atoms with van der Waals surface area (Å²) in [5, 5.41) is 1.83. The van der Waals surface area contributed by atoms with Crippen LogP contribution in [-0.2, 0) is 0 Å². The maximum absolute atomic E-state index is 6.05. The van der Waals surface area contributed by atoms with Gasteiger partial charge in [0.1, 0.15) is 0 Å². The fourth-order valence-corrected chi connectivity index (χ4v) is 3.32. The van der Waals surface area contributed by atoms with E-state index < -0.39 is 0 Å². The Bertz CT molecular complexity index is 354. The summed E-state index contributed by atoms with van der Waals surface area (Å²) in [6, 6.07) is 3.63. The summed E-state index contributed by atoms with van der Waals surface area (Å²) in [7, 11) is 0. The predicted molar refractivity (Wildman–Crippen MR) is 58.7 cm³/mol. The van der Waals surface area contributed by atoms with Gasteiger partial charge in [-0.3, -0.25) is 0 Å². The number of nitrogens with two attached hydrogens (primary N) is 1. The zero-order valence-electron chi connectivity index (χ0n) is 7.05. The molecular weight excluding hydrogens is 225 g/mol. The summed E-state index contributed by atoms with van der Waals surface area (Å²) in [5.74, 6) is 0. The van der Waals surface area contributed by atoms with E-state index in [4.69, 9.17) is 28.9 Å². The van der Waals surface area contributed by atoms with Crippen molar-refractivity contribution in [1.29, 1.82) is 0 Å². The van der Waals surface area contributed by atoms with Crippen molar-refractivity contribution in [2.45, 2.75) is 23.1 Å². The molecule has 1 nitrogen and oxygen atoms in total. The van der Waals surface area contributed by atoms with Gasteiger partial charge in [0.15, 0.2) is 0 Å². The normalized spacial score (nSPS) is 26.2. The van der Waals surface area contributed by atoms with E-state index in [1.807, 2.05) is 6.07 Å². The highest BCUT2D eigenvalue weighted by molar-refractivity contribution is 8.00. The molecule has 0 aliphatic carbocycles. The van der Waals surface area contributed by atoms with Gasteiger partial charge < -0.3 is 5.73 Å². The van der Waals surface area contributed by atoms with Gasteiger partial charge in [0.25, 0.3) is 0 Å². The number of halogens is 2. The average Bonchev–Trinajstić information content (AvgIpc) is 2.38. The number of rotatable bonds is 0. The summed E-state index contributed by atoms with van der Waals surface area (Å²) in [5.41, 5.74) is 7.00. The van der Waals surface area contributed by atoms with Crippen molar-refractivity contribution in [3.63, 3.8) is 0 Å².